The van der Waals surface area contributed by atoms with E-state index in [9.17, 15) is 9.59 Å². The number of aryl methyl sites for hydroxylation is 1. The largest absolute Gasteiger partial charge is 0.453 e. The van der Waals surface area contributed by atoms with Crippen LogP contribution in [0.25, 0.3) is 4.96 Å². The average Bonchev–Trinajstić information content (AvgIpc) is 2.89. The lowest BCUT2D eigenvalue weighted by molar-refractivity contribution is 0.0464. The molecule has 0 aliphatic rings. The van der Waals surface area contributed by atoms with Gasteiger partial charge >= 0.3 is 5.97 Å². The van der Waals surface area contributed by atoms with E-state index < -0.39 is 5.97 Å². The number of ether oxygens (including phenoxy) is 1. The zero-order valence-electron chi connectivity index (χ0n) is 10.9. The minimum atomic E-state index is -0.598. The van der Waals surface area contributed by atoms with Crippen molar-refractivity contribution in [2.24, 2.45) is 0 Å². The van der Waals surface area contributed by atoms with E-state index in [0.717, 1.165) is 0 Å². The summed E-state index contributed by atoms with van der Waals surface area (Å²) in [6.45, 7) is 1.68. The summed E-state index contributed by atoms with van der Waals surface area (Å²) < 4.78 is 6.26. The molecule has 3 aromatic heterocycles. The van der Waals surface area contributed by atoms with Crippen molar-refractivity contribution in [3.8, 4) is 0 Å². The Bertz CT molecular complexity index is 858. The van der Waals surface area contributed by atoms with Gasteiger partial charge in [0.2, 0.25) is 4.96 Å². The Labute approximate surface area is 122 Å². The van der Waals surface area contributed by atoms with Crippen molar-refractivity contribution in [1.82, 2.24) is 24.6 Å². The molecule has 0 saturated heterocycles. The maximum Gasteiger partial charge on any atom is 0.358 e. The maximum atomic E-state index is 11.7. The van der Waals surface area contributed by atoms with Crippen molar-refractivity contribution in [3.63, 3.8) is 0 Å². The Morgan fingerprint density at radius 2 is 2.29 bits per heavy atom. The number of fused-ring (bicyclic) bond motifs is 1. The highest BCUT2D eigenvalue weighted by Gasteiger charge is 2.12. The summed E-state index contributed by atoms with van der Waals surface area (Å²) in [4.78, 5) is 35.7. The number of hydrogen-bond acceptors (Lipinski definition) is 8. The zero-order chi connectivity index (χ0) is 14.8. The monoisotopic (exact) mass is 303 g/mol. The van der Waals surface area contributed by atoms with Crippen LogP contribution in [0, 0.1) is 6.92 Å². The number of nitrogens with zero attached hydrogens (tertiary/aromatic N) is 5. The van der Waals surface area contributed by atoms with Gasteiger partial charge in [0.05, 0.1) is 6.20 Å². The van der Waals surface area contributed by atoms with Crippen molar-refractivity contribution in [3.05, 3.63) is 51.4 Å². The highest BCUT2D eigenvalue weighted by molar-refractivity contribution is 7.16. The fourth-order valence-electron chi connectivity index (χ4n) is 1.62. The number of carbonyl (C=O) groups is 1. The van der Waals surface area contributed by atoms with E-state index in [-0.39, 0.29) is 17.9 Å². The van der Waals surface area contributed by atoms with Crippen molar-refractivity contribution in [2.75, 3.05) is 0 Å². The summed E-state index contributed by atoms with van der Waals surface area (Å²) in [6, 6.07) is 1.39. The predicted molar refractivity (Wildman–Crippen MR) is 73.0 cm³/mol. The van der Waals surface area contributed by atoms with Gasteiger partial charge < -0.3 is 4.74 Å². The summed E-state index contributed by atoms with van der Waals surface area (Å²) in [5, 5.41) is 4.54. The lowest BCUT2D eigenvalue weighted by atomic mass is 10.4. The van der Waals surface area contributed by atoms with E-state index >= 15 is 0 Å². The fourth-order valence-corrected chi connectivity index (χ4v) is 2.48. The second kappa shape index (κ2) is 5.37. The van der Waals surface area contributed by atoms with Gasteiger partial charge in [-0.1, -0.05) is 11.3 Å². The van der Waals surface area contributed by atoms with Crippen LogP contribution in [0.4, 0.5) is 0 Å². The molecule has 3 rings (SSSR count). The molecule has 0 fully saturated rings. The molecule has 0 unspecified atom stereocenters. The van der Waals surface area contributed by atoms with Gasteiger partial charge in [-0.25, -0.2) is 14.8 Å². The smallest absolute Gasteiger partial charge is 0.358 e. The summed E-state index contributed by atoms with van der Waals surface area (Å²) in [5.74, 6) is -0.598. The molecule has 0 saturated carbocycles. The van der Waals surface area contributed by atoms with Crippen molar-refractivity contribution in [1.29, 1.82) is 0 Å². The summed E-state index contributed by atoms with van der Waals surface area (Å²) in [5.41, 5.74) is 0.469. The minimum absolute atomic E-state index is 0.0536. The molecule has 0 atom stereocenters. The third-order valence-corrected chi connectivity index (χ3v) is 3.40. The predicted octanol–water partition coefficient (Wildman–Crippen LogP) is 0.606. The Hall–Kier alpha value is -2.68. The normalized spacial score (nSPS) is 10.7. The van der Waals surface area contributed by atoms with Gasteiger partial charge in [-0.3, -0.25) is 9.78 Å². The van der Waals surface area contributed by atoms with Gasteiger partial charge in [0.15, 0.2) is 10.7 Å². The van der Waals surface area contributed by atoms with Crippen LogP contribution < -0.4 is 5.56 Å². The van der Waals surface area contributed by atoms with Gasteiger partial charge in [-0.05, 0) is 6.92 Å². The van der Waals surface area contributed by atoms with Crippen molar-refractivity contribution < 1.29 is 9.53 Å². The molecule has 0 amide bonds. The molecule has 3 heterocycles. The van der Waals surface area contributed by atoms with Crippen LogP contribution in [0.15, 0.2) is 29.5 Å². The van der Waals surface area contributed by atoms with Gasteiger partial charge in [-0.2, -0.15) is 9.61 Å². The van der Waals surface area contributed by atoms with Crippen LogP contribution in [-0.2, 0) is 11.3 Å². The molecule has 21 heavy (non-hydrogen) atoms. The Kier molecular flexibility index (Phi) is 3.40. The quantitative estimate of drug-likeness (QED) is 0.653. The number of hydrogen-bond donors (Lipinski definition) is 0. The highest BCUT2D eigenvalue weighted by Crippen LogP contribution is 2.12. The Morgan fingerprint density at radius 3 is 3.05 bits per heavy atom. The van der Waals surface area contributed by atoms with Gasteiger partial charge in [-0.15, -0.1) is 0 Å². The topological polar surface area (TPSA) is 99.3 Å². The molecular weight excluding hydrogens is 294 g/mol. The molecule has 106 valence electrons. The molecular formula is C12H9N5O3S. The van der Waals surface area contributed by atoms with Crippen LogP contribution in [0.1, 0.15) is 21.2 Å². The SMILES string of the molecule is Cc1cc(=O)n2nc(COC(=O)c3cnccn3)sc2n1. The third kappa shape index (κ3) is 2.77. The average molecular weight is 303 g/mol. The highest BCUT2D eigenvalue weighted by atomic mass is 32.1. The summed E-state index contributed by atoms with van der Waals surface area (Å²) in [7, 11) is 0. The first-order valence-corrected chi connectivity index (χ1v) is 6.74. The van der Waals surface area contributed by atoms with E-state index in [1.165, 1.54) is 40.5 Å². The zero-order valence-corrected chi connectivity index (χ0v) is 11.7. The molecule has 3 aromatic rings. The first-order valence-electron chi connectivity index (χ1n) is 5.93. The third-order valence-electron chi connectivity index (χ3n) is 2.51. The fraction of sp³-hybridized carbons (Fsp3) is 0.167. The van der Waals surface area contributed by atoms with E-state index in [4.69, 9.17) is 4.74 Å². The Morgan fingerprint density at radius 1 is 1.43 bits per heavy atom. The van der Waals surface area contributed by atoms with Crippen LogP contribution in [0.5, 0.6) is 0 Å². The Balaban J connectivity index is 1.78. The number of esters is 1. The van der Waals surface area contributed by atoms with Crippen LogP contribution in [0.3, 0.4) is 0 Å². The first kappa shape index (κ1) is 13.3. The second-order valence-corrected chi connectivity index (χ2v) is 5.13. The standard InChI is InChI=1S/C12H9N5O3S/c1-7-4-10(18)17-12(15-7)21-9(16-17)6-20-11(19)8-5-13-2-3-14-8/h2-5H,6H2,1H3. The van der Waals surface area contributed by atoms with Crippen molar-refractivity contribution in [2.45, 2.75) is 13.5 Å². The molecule has 0 N–H and O–H groups in total. The summed E-state index contributed by atoms with van der Waals surface area (Å²) >= 11 is 1.19. The molecule has 0 aromatic carbocycles. The second-order valence-electron chi connectivity index (χ2n) is 4.09. The lowest BCUT2D eigenvalue weighted by Crippen LogP contribution is -2.14. The van der Waals surface area contributed by atoms with Gasteiger partial charge in [0.25, 0.3) is 5.56 Å². The van der Waals surface area contributed by atoms with E-state index in [2.05, 4.69) is 20.1 Å². The lowest BCUT2D eigenvalue weighted by Gasteiger charge is -2.00. The first-order chi connectivity index (χ1) is 10.1. The molecule has 9 heteroatoms. The summed E-state index contributed by atoms with van der Waals surface area (Å²) in [6.07, 6.45) is 4.18. The number of carbonyl (C=O) groups excluding carboxylic acids is 1. The molecule has 0 bridgehead atoms. The number of aromatic nitrogens is 5. The molecule has 0 aliphatic heterocycles. The van der Waals surface area contributed by atoms with E-state index in [1.54, 1.807) is 6.92 Å². The van der Waals surface area contributed by atoms with Gasteiger partial charge in [0.1, 0.15) is 6.61 Å². The number of rotatable bonds is 3. The molecule has 8 nitrogen and oxygen atoms in total. The van der Waals surface area contributed by atoms with Crippen LogP contribution in [0.2, 0.25) is 0 Å². The molecule has 0 radical (unpaired) electrons. The van der Waals surface area contributed by atoms with Crippen LogP contribution >= 0.6 is 11.3 Å². The van der Waals surface area contributed by atoms with E-state index in [1.807, 2.05) is 0 Å². The van der Waals surface area contributed by atoms with E-state index in [0.29, 0.717) is 15.7 Å². The minimum Gasteiger partial charge on any atom is -0.453 e. The molecule has 0 spiro atoms. The van der Waals surface area contributed by atoms with Crippen molar-refractivity contribution >= 4 is 22.3 Å². The molecule has 0 aliphatic carbocycles. The van der Waals surface area contributed by atoms with Gasteiger partial charge in [0, 0.05) is 24.2 Å². The maximum absolute atomic E-state index is 11.7. The van der Waals surface area contributed by atoms with Crippen LogP contribution in [-0.4, -0.2) is 30.5 Å².